The average molecular weight is 302 g/mol. The van der Waals surface area contributed by atoms with E-state index in [1.807, 2.05) is 6.07 Å². The zero-order chi connectivity index (χ0) is 11.5. The highest BCUT2D eigenvalue weighted by Gasteiger charge is 2.26. The lowest BCUT2D eigenvalue weighted by Gasteiger charge is -2.26. The van der Waals surface area contributed by atoms with E-state index in [2.05, 4.69) is 27.0 Å². The van der Waals surface area contributed by atoms with Crippen molar-refractivity contribution in [2.45, 2.75) is 18.9 Å². The molecule has 5 heteroatoms. The summed E-state index contributed by atoms with van der Waals surface area (Å²) in [6.45, 7) is 0.601. The van der Waals surface area contributed by atoms with Gasteiger partial charge in [0, 0.05) is 11.1 Å². The van der Waals surface area contributed by atoms with Crippen LogP contribution in [-0.2, 0) is 4.74 Å². The predicted molar refractivity (Wildman–Crippen MR) is 64.0 cm³/mol. The van der Waals surface area contributed by atoms with Gasteiger partial charge in [0.05, 0.1) is 17.7 Å². The minimum atomic E-state index is -0.133. The molecule has 2 heterocycles. The first kappa shape index (κ1) is 11.8. The molecule has 2 unspecified atom stereocenters. The lowest BCUT2D eigenvalue weighted by atomic mass is 9.95. The van der Waals surface area contributed by atoms with E-state index in [1.165, 1.54) is 0 Å². The SMILES string of the molecule is N#CC1CCOC(c2nc(Cl)ccc2Br)C1. The Kier molecular flexibility index (Phi) is 3.80. The van der Waals surface area contributed by atoms with Gasteiger partial charge >= 0.3 is 0 Å². The number of rotatable bonds is 1. The van der Waals surface area contributed by atoms with E-state index >= 15 is 0 Å². The number of hydrogen-bond donors (Lipinski definition) is 0. The van der Waals surface area contributed by atoms with Crippen LogP contribution < -0.4 is 0 Å². The van der Waals surface area contributed by atoms with Crippen molar-refractivity contribution in [3.8, 4) is 6.07 Å². The second-order valence-electron chi connectivity index (χ2n) is 3.71. The maximum Gasteiger partial charge on any atom is 0.129 e. The molecule has 0 N–H and O–H groups in total. The third kappa shape index (κ3) is 2.54. The second kappa shape index (κ2) is 5.13. The molecule has 16 heavy (non-hydrogen) atoms. The summed E-state index contributed by atoms with van der Waals surface area (Å²) in [5.74, 6) is 0.0476. The van der Waals surface area contributed by atoms with E-state index in [-0.39, 0.29) is 12.0 Å². The quantitative estimate of drug-likeness (QED) is 0.746. The lowest BCUT2D eigenvalue weighted by molar-refractivity contribution is -0.00224. The molecule has 0 spiro atoms. The van der Waals surface area contributed by atoms with Crippen LogP contribution in [-0.4, -0.2) is 11.6 Å². The van der Waals surface area contributed by atoms with E-state index in [0.717, 1.165) is 16.6 Å². The molecule has 2 rings (SSSR count). The van der Waals surface area contributed by atoms with Gasteiger partial charge in [-0.2, -0.15) is 5.26 Å². The van der Waals surface area contributed by atoms with Gasteiger partial charge in [-0.25, -0.2) is 4.98 Å². The van der Waals surface area contributed by atoms with Gasteiger partial charge in [0.15, 0.2) is 0 Å². The maximum absolute atomic E-state index is 8.92. The molecule has 1 aliphatic rings. The number of ether oxygens (including phenoxy) is 1. The van der Waals surface area contributed by atoms with E-state index < -0.39 is 0 Å². The summed E-state index contributed by atoms with van der Waals surface area (Å²) in [5.41, 5.74) is 0.785. The molecule has 0 aliphatic carbocycles. The molecule has 1 fully saturated rings. The van der Waals surface area contributed by atoms with Crippen molar-refractivity contribution in [1.82, 2.24) is 4.98 Å². The molecule has 2 atom stereocenters. The molecule has 0 bridgehead atoms. The number of hydrogen-bond acceptors (Lipinski definition) is 3. The summed E-state index contributed by atoms with van der Waals surface area (Å²) in [6, 6.07) is 5.85. The van der Waals surface area contributed by atoms with Crippen molar-refractivity contribution in [1.29, 1.82) is 5.26 Å². The first-order valence-electron chi connectivity index (χ1n) is 5.04. The van der Waals surface area contributed by atoms with Gasteiger partial charge in [0.25, 0.3) is 0 Å². The molecule has 1 aliphatic heterocycles. The Labute approximate surface area is 108 Å². The molecule has 0 aromatic carbocycles. The topological polar surface area (TPSA) is 45.9 Å². The zero-order valence-electron chi connectivity index (χ0n) is 8.49. The van der Waals surface area contributed by atoms with Crippen molar-refractivity contribution < 1.29 is 4.74 Å². The molecule has 1 aromatic rings. The van der Waals surface area contributed by atoms with Crippen LogP contribution in [0.15, 0.2) is 16.6 Å². The fourth-order valence-electron chi connectivity index (χ4n) is 1.76. The summed E-state index contributed by atoms with van der Waals surface area (Å²) in [7, 11) is 0. The van der Waals surface area contributed by atoms with Crippen molar-refractivity contribution in [2.24, 2.45) is 5.92 Å². The second-order valence-corrected chi connectivity index (χ2v) is 4.95. The van der Waals surface area contributed by atoms with Crippen molar-refractivity contribution in [3.63, 3.8) is 0 Å². The summed E-state index contributed by atoms with van der Waals surface area (Å²) in [5, 5.41) is 9.36. The first-order chi connectivity index (χ1) is 7.70. The third-order valence-corrected chi connectivity index (χ3v) is 3.49. The van der Waals surface area contributed by atoms with Gasteiger partial charge in [0.1, 0.15) is 11.3 Å². The molecule has 84 valence electrons. The molecular formula is C11H10BrClN2O. The summed E-state index contributed by atoms with van der Waals surface area (Å²) in [4.78, 5) is 4.25. The van der Waals surface area contributed by atoms with Gasteiger partial charge in [-0.1, -0.05) is 11.6 Å². The van der Waals surface area contributed by atoms with Crippen LogP contribution in [0.2, 0.25) is 5.15 Å². The normalized spacial score (nSPS) is 25.1. The molecule has 0 saturated carbocycles. The standard InChI is InChI=1S/C11H10BrClN2O/c12-8-1-2-10(13)15-11(8)9-5-7(6-14)3-4-16-9/h1-2,7,9H,3-5H2. The minimum absolute atomic E-state index is 0.0476. The summed E-state index contributed by atoms with van der Waals surface area (Å²) in [6.07, 6.45) is 1.35. The predicted octanol–water partition coefficient (Wildman–Crippen LogP) is 3.49. The van der Waals surface area contributed by atoms with E-state index in [0.29, 0.717) is 18.2 Å². The van der Waals surface area contributed by atoms with E-state index in [1.54, 1.807) is 6.07 Å². The number of halogens is 2. The van der Waals surface area contributed by atoms with Crippen LogP contribution in [0.4, 0.5) is 0 Å². The Morgan fingerprint density at radius 2 is 2.38 bits per heavy atom. The van der Waals surface area contributed by atoms with Gasteiger partial charge in [-0.15, -0.1) is 0 Å². The smallest absolute Gasteiger partial charge is 0.129 e. The van der Waals surface area contributed by atoms with Gasteiger partial charge in [-0.3, -0.25) is 0 Å². The molecule has 0 amide bonds. The van der Waals surface area contributed by atoms with Crippen LogP contribution in [0, 0.1) is 17.2 Å². The summed E-state index contributed by atoms with van der Waals surface area (Å²) < 4.78 is 6.51. The van der Waals surface area contributed by atoms with E-state index in [4.69, 9.17) is 21.6 Å². The highest BCUT2D eigenvalue weighted by atomic mass is 79.9. The highest BCUT2D eigenvalue weighted by molar-refractivity contribution is 9.10. The molecule has 3 nitrogen and oxygen atoms in total. The molecule has 1 aromatic heterocycles. The number of nitrogens with zero attached hydrogens (tertiary/aromatic N) is 2. The van der Waals surface area contributed by atoms with Gasteiger partial charge < -0.3 is 4.74 Å². The third-order valence-electron chi connectivity index (χ3n) is 2.61. The van der Waals surface area contributed by atoms with Crippen molar-refractivity contribution in [3.05, 3.63) is 27.5 Å². The number of nitriles is 1. The number of aromatic nitrogens is 1. The Morgan fingerprint density at radius 3 is 3.12 bits per heavy atom. The summed E-state index contributed by atoms with van der Waals surface area (Å²) >= 11 is 9.28. The van der Waals surface area contributed by atoms with Crippen molar-refractivity contribution in [2.75, 3.05) is 6.61 Å². The Hall–Kier alpha value is -0.630. The Balaban J connectivity index is 2.23. The van der Waals surface area contributed by atoms with Crippen LogP contribution in [0.1, 0.15) is 24.6 Å². The van der Waals surface area contributed by atoms with Crippen LogP contribution >= 0.6 is 27.5 Å². The largest absolute Gasteiger partial charge is 0.372 e. The van der Waals surface area contributed by atoms with Crippen molar-refractivity contribution >= 4 is 27.5 Å². The lowest BCUT2D eigenvalue weighted by Crippen LogP contribution is -2.20. The van der Waals surface area contributed by atoms with E-state index in [9.17, 15) is 0 Å². The maximum atomic E-state index is 8.92. The zero-order valence-corrected chi connectivity index (χ0v) is 10.8. The molecular weight excluding hydrogens is 291 g/mol. The first-order valence-corrected chi connectivity index (χ1v) is 6.21. The highest BCUT2D eigenvalue weighted by Crippen LogP contribution is 2.34. The average Bonchev–Trinajstić information content (AvgIpc) is 2.32. The fourth-order valence-corrected chi connectivity index (χ4v) is 2.39. The minimum Gasteiger partial charge on any atom is -0.372 e. The fraction of sp³-hybridized carbons (Fsp3) is 0.455. The Morgan fingerprint density at radius 1 is 1.56 bits per heavy atom. The monoisotopic (exact) mass is 300 g/mol. The van der Waals surface area contributed by atoms with Crippen LogP contribution in [0.5, 0.6) is 0 Å². The molecule has 1 saturated heterocycles. The van der Waals surface area contributed by atoms with Crippen LogP contribution in [0.3, 0.4) is 0 Å². The van der Waals surface area contributed by atoms with Gasteiger partial charge in [-0.05, 0) is 40.9 Å². The van der Waals surface area contributed by atoms with Crippen LogP contribution in [0.25, 0.3) is 0 Å². The Bertz CT molecular complexity index is 432. The van der Waals surface area contributed by atoms with Gasteiger partial charge in [0.2, 0.25) is 0 Å². The molecule has 0 radical (unpaired) electrons. The number of pyridine rings is 1.